The van der Waals surface area contributed by atoms with Crippen molar-refractivity contribution in [3.05, 3.63) is 58.7 Å². The summed E-state index contributed by atoms with van der Waals surface area (Å²) in [6.07, 6.45) is 1.29. The van der Waals surface area contributed by atoms with Crippen LogP contribution < -0.4 is 5.32 Å². The monoisotopic (exact) mass is 333 g/mol. The number of carbonyl (C=O) groups is 1. The number of rotatable bonds is 3. The molecule has 1 aliphatic carbocycles. The van der Waals surface area contributed by atoms with E-state index in [4.69, 9.17) is 0 Å². The van der Waals surface area contributed by atoms with Crippen molar-refractivity contribution in [2.75, 3.05) is 0 Å². The summed E-state index contributed by atoms with van der Waals surface area (Å²) in [5.41, 5.74) is 1.31. The lowest BCUT2D eigenvalue weighted by Crippen LogP contribution is -2.34. The molecule has 4 nitrogen and oxygen atoms in total. The molecule has 0 heterocycles. The van der Waals surface area contributed by atoms with Crippen molar-refractivity contribution in [3.8, 4) is 11.5 Å². The number of phenolic OH excluding ortho intramolecular Hbond substituents is 2. The molecule has 126 valence electrons. The predicted molar refractivity (Wildman–Crippen MR) is 83.5 cm³/mol. The average molecular weight is 333 g/mol. The maximum atomic E-state index is 13.6. The fourth-order valence-corrected chi connectivity index (χ4v) is 3.07. The first-order valence-electron chi connectivity index (χ1n) is 7.70. The highest BCUT2D eigenvalue weighted by Gasteiger charge is 2.28. The summed E-state index contributed by atoms with van der Waals surface area (Å²) < 4.78 is 26.7. The molecule has 2 aromatic carbocycles. The van der Waals surface area contributed by atoms with Crippen LogP contribution in [0.5, 0.6) is 11.5 Å². The van der Waals surface area contributed by atoms with Crippen LogP contribution in [0, 0.1) is 17.6 Å². The van der Waals surface area contributed by atoms with E-state index in [0.29, 0.717) is 30.4 Å². The maximum absolute atomic E-state index is 13.6. The minimum absolute atomic E-state index is 0.0523. The van der Waals surface area contributed by atoms with E-state index in [2.05, 4.69) is 5.32 Å². The molecule has 6 heteroatoms. The summed E-state index contributed by atoms with van der Waals surface area (Å²) >= 11 is 0. The van der Waals surface area contributed by atoms with E-state index in [0.717, 1.165) is 18.2 Å². The van der Waals surface area contributed by atoms with Gasteiger partial charge in [0.1, 0.15) is 23.1 Å². The third kappa shape index (κ3) is 3.18. The fraction of sp³-hybridized carbons (Fsp3) is 0.278. The van der Waals surface area contributed by atoms with Gasteiger partial charge in [-0.1, -0.05) is 0 Å². The molecular formula is C18H17F2NO3. The highest BCUT2D eigenvalue weighted by molar-refractivity contribution is 5.79. The molecule has 0 bridgehead atoms. The van der Waals surface area contributed by atoms with Gasteiger partial charge in [-0.15, -0.1) is 0 Å². The smallest absolute Gasteiger partial charge is 0.223 e. The van der Waals surface area contributed by atoms with E-state index in [-0.39, 0.29) is 35.4 Å². The predicted octanol–water partition coefficient (Wildman–Crippen LogP) is 2.80. The Balaban J connectivity index is 1.68. The summed E-state index contributed by atoms with van der Waals surface area (Å²) in [6.45, 7) is -0.0994. The first kappa shape index (κ1) is 16.2. The summed E-state index contributed by atoms with van der Waals surface area (Å²) in [6, 6.07) is 5.93. The van der Waals surface area contributed by atoms with Gasteiger partial charge in [0.25, 0.3) is 0 Å². The van der Waals surface area contributed by atoms with E-state index in [1.165, 1.54) is 12.1 Å². The van der Waals surface area contributed by atoms with Gasteiger partial charge in [-0.25, -0.2) is 8.78 Å². The number of fused-ring (bicyclic) bond motifs is 1. The lowest BCUT2D eigenvalue weighted by Gasteiger charge is -2.25. The Morgan fingerprint density at radius 2 is 1.83 bits per heavy atom. The molecule has 0 saturated carbocycles. The number of halogens is 2. The normalized spacial score (nSPS) is 16.5. The van der Waals surface area contributed by atoms with E-state index >= 15 is 0 Å². The van der Waals surface area contributed by atoms with Crippen molar-refractivity contribution in [1.29, 1.82) is 0 Å². The molecule has 24 heavy (non-hydrogen) atoms. The number of hydrogen-bond acceptors (Lipinski definition) is 3. The molecule has 3 N–H and O–H groups in total. The Labute approximate surface area is 137 Å². The molecule has 0 aliphatic heterocycles. The van der Waals surface area contributed by atoms with Crippen LogP contribution in [0.25, 0.3) is 0 Å². The largest absolute Gasteiger partial charge is 0.508 e. The van der Waals surface area contributed by atoms with Crippen molar-refractivity contribution in [3.63, 3.8) is 0 Å². The molecule has 2 aromatic rings. The average Bonchev–Trinajstić information content (AvgIpc) is 2.58. The topological polar surface area (TPSA) is 69.6 Å². The Morgan fingerprint density at radius 1 is 1.12 bits per heavy atom. The molecule has 0 fully saturated rings. The summed E-state index contributed by atoms with van der Waals surface area (Å²) in [4.78, 5) is 12.3. The van der Waals surface area contributed by atoms with Gasteiger partial charge in [0, 0.05) is 29.2 Å². The second kappa shape index (κ2) is 6.47. The Kier molecular flexibility index (Phi) is 4.38. The van der Waals surface area contributed by atoms with Crippen molar-refractivity contribution in [2.45, 2.75) is 25.8 Å². The van der Waals surface area contributed by atoms with Crippen LogP contribution in [-0.4, -0.2) is 16.1 Å². The van der Waals surface area contributed by atoms with Crippen LogP contribution in [0.3, 0.4) is 0 Å². The summed E-state index contributed by atoms with van der Waals surface area (Å²) in [5.74, 6) is -1.64. The van der Waals surface area contributed by atoms with Gasteiger partial charge in [-0.05, 0) is 49.6 Å². The molecule has 0 saturated heterocycles. The zero-order valence-corrected chi connectivity index (χ0v) is 12.9. The Morgan fingerprint density at radius 3 is 2.58 bits per heavy atom. The molecular weight excluding hydrogens is 316 g/mol. The van der Waals surface area contributed by atoms with Crippen LogP contribution in [0.4, 0.5) is 8.78 Å². The van der Waals surface area contributed by atoms with E-state index in [1.54, 1.807) is 0 Å². The van der Waals surface area contributed by atoms with Crippen LogP contribution in [0.2, 0.25) is 0 Å². The van der Waals surface area contributed by atoms with Gasteiger partial charge >= 0.3 is 0 Å². The Hall–Kier alpha value is -2.63. The molecule has 1 atom stereocenters. The Bertz CT molecular complexity index is 792. The molecule has 0 aromatic heterocycles. The van der Waals surface area contributed by atoms with Crippen molar-refractivity contribution < 1.29 is 23.8 Å². The van der Waals surface area contributed by atoms with Gasteiger partial charge < -0.3 is 15.5 Å². The molecule has 1 amide bonds. The minimum Gasteiger partial charge on any atom is -0.508 e. The quantitative estimate of drug-likeness (QED) is 0.757. The van der Waals surface area contributed by atoms with Crippen molar-refractivity contribution >= 4 is 5.91 Å². The molecule has 1 aliphatic rings. The van der Waals surface area contributed by atoms with Gasteiger partial charge in [-0.3, -0.25) is 4.79 Å². The zero-order chi connectivity index (χ0) is 17.3. The first-order chi connectivity index (χ1) is 11.5. The third-order valence-corrected chi connectivity index (χ3v) is 4.41. The van der Waals surface area contributed by atoms with Gasteiger partial charge in [-0.2, -0.15) is 0 Å². The highest BCUT2D eigenvalue weighted by atomic mass is 19.1. The summed E-state index contributed by atoms with van der Waals surface area (Å²) in [7, 11) is 0. The van der Waals surface area contributed by atoms with Crippen LogP contribution in [0.1, 0.15) is 23.1 Å². The van der Waals surface area contributed by atoms with E-state index in [9.17, 15) is 23.8 Å². The van der Waals surface area contributed by atoms with Gasteiger partial charge in [0.2, 0.25) is 5.91 Å². The minimum atomic E-state index is -0.576. The second-order valence-electron chi connectivity index (χ2n) is 5.95. The molecule has 1 unspecified atom stereocenters. The number of carbonyl (C=O) groups excluding carboxylic acids is 1. The number of amides is 1. The van der Waals surface area contributed by atoms with Crippen molar-refractivity contribution in [1.82, 2.24) is 5.32 Å². The van der Waals surface area contributed by atoms with Crippen molar-refractivity contribution in [2.24, 2.45) is 5.92 Å². The fourth-order valence-electron chi connectivity index (χ4n) is 3.07. The lowest BCUT2D eigenvalue weighted by molar-refractivity contribution is -0.125. The summed E-state index contributed by atoms with van der Waals surface area (Å²) in [5, 5.41) is 22.4. The number of phenols is 2. The van der Waals surface area contributed by atoms with Gasteiger partial charge in [0.15, 0.2) is 0 Å². The standard InChI is InChI=1S/C18H17F2NO3/c19-12-2-4-15(20)11(7-12)9-21-18(24)10-1-3-13-14(8-10)17(23)6-5-16(13)22/h2,4-7,10,22-23H,1,3,8-9H2,(H,21,24). The number of nitrogens with one attached hydrogen (secondary N) is 1. The zero-order valence-electron chi connectivity index (χ0n) is 12.9. The second-order valence-corrected chi connectivity index (χ2v) is 5.95. The third-order valence-electron chi connectivity index (χ3n) is 4.41. The number of hydrogen-bond donors (Lipinski definition) is 3. The number of benzene rings is 2. The van der Waals surface area contributed by atoms with E-state index < -0.39 is 11.6 Å². The molecule has 0 radical (unpaired) electrons. The number of aromatic hydroxyl groups is 2. The van der Waals surface area contributed by atoms with Crippen LogP contribution in [0.15, 0.2) is 30.3 Å². The highest BCUT2D eigenvalue weighted by Crippen LogP contribution is 2.36. The van der Waals surface area contributed by atoms with E-state index in [1.807, 2.05) is 0 Å². The van der Waals surface area contributed by atoms with Gasteiger partial charge in [0.05, 0.1) is 0 Å². The molecule has 0 spiro atoms. The maximum Gasteiger partial charge on any atom is 0.223 e. The van der Waals surface area contributed by atoms with Crippen LogP contribution >= 0.6 is 0 Å². The van der Waals surface area contributed by atoms with Crippen LogP contribution in [-0.2, 0) is 24.2 Å². The lowest BCUT2D eigenvalue weighted by atomic mass is 9.82. The SMILES string of the molecule is O=C(NCc1cc(F)ccc1F)C1CCc2c(O)ccc(O)c2C1. The molecule has 3 rings (SSSR count). The first-order valence-corrected chi connectivity index (χ1v) is 7.70.